The van der Waals surface area contributed by atoms with Crippen molar-refractivity contribution < 1.29 is 4.74 Å². The Morgan fingerprint density at radius 3 is 2.80 bits per heavy atom. The van der Waals surface area contributed by atoms with Crippen LogP contribution >= 0.6 is 15.9 Å². The number of ether oxygens (including phenoxy) is 1. The van der Waals surface area contributed by atoms with Gasteiger partial charge < -0.3 is 4.74 Å². The van der Waals surface area contributed by atoms with Crippen molar-refractivity contribution in [2.24, 2.45) is 0 Å². The number of rotatable bonds is 3. The van der Waals surface area contributed by atoms with E-state index in [0.29, 0.717) is 6.10 Å². The Morgan fingerprint density at radius 1 is 1.30 bits per heavy atom. The number of aryl methyl sites for hydroxylation is 1. The molecule has 1 aromatic carbocycles. The van der Waals surface area contributed by atoms with Crippen LogP contribution in [-0.4, -0.2) is 22.5 Å². The lowest BCUT2D eigenvalue weighted by molar-refractivity contribution is 0.00402. The Morgan fingerprint density at radius 2 is 2.10 bits per heavy atom. The molecule has 3 rings (SSSR count). The normalized spacial score (nSPS) is 19.2. The van der Waals surface area contributed by atoms with Gasteiger partial charge in [-0.2, -0.15) is 5.10 Å². The third-order valence-corrected chi connectivity index (χ3v) is 4.26. The summed E-state index contributed by atoms with van der Waals surface area (Å²) >= 11 is 3.47. The van der Waals surface area contributed by atoms with Crippen LogP contribution in [0.3, 0.4) is 0 Å². The molecule has 0 radical (unpaired) electrons. The van der Waals surface area contributed by atoms with Crippen molar-refractivity contribution in [3.63, 3.8) is 0 Å². The SMILES string of the molecule is Cc1cn(CC2CCCCO2)nc1-c1ccc(Br)cc1. The van der Waals surface area contributed by atoms with Crippen LogP contribution in [0.5, 0.6) is 0 Å². The van der Waals surface area contributed by atoms with Crippen LogP contribution in [-0.2, 0) is 11.3 Å². The summed E-state index contributed by atoms with van der Waals surface area (Å²) in [6.45, 7) is 3.87. The highest BCUT2D eigenvalue weighted by Crippen LogP contribution is 2.24. The molecule has 0 amide bonds. The zero-order valence-electron chi connectivity index (χ0n) is 11.7. The predicted octanol–water partition coefficient (Wildman–Crippen LogP) is 4.19. The van der Waals surface area contributed by atoms with Crippen molar-refractivity contribution in [2.45, 2.75) is 38.8 Å². The summed E-state index contributed by atoms with van der Waals surface area (Å²) in [7, 11) is 0. The fourth-order valence-corrected chi connectivity index (χ4v) is 2.93. The monoisotopic (exact) mass is 334 g/mol. The maximum atomic E-state index is 5.79. The molecule has 0 aliphatic carbocycles. The summed E-state index contributed by atoms with van der Waals surface area (Å²) in [5.74, 6) is 0. The van der Waals surface area contributed by atoms with Crippen molar-refractivity contribution in [3.8, 4) is 11.3 Å². The fraction of sp³-hybridized carbons (Fsp3) is 0.438. The minimum atomic E-state index is 0.320. The molecule has 3 nitrogen and oxygen atoms in total. The quantitative estimate of drug-likeness (QED) is 0.841. The number of halogens is 1. The zero-order valence-corrected chi connectivity index (χ0v) is 13.3. The van der Waals surface area contributed by atoms with Gasteiger partial charge in [0.25, 0.3) is 0 Å². The van der Waals surface area contributed by atoms with Crippen molar-refractivity contribution in [2.75, 3.05) is 6.61 Å². The van der Waals surface area contributed by atoms with Gasteiger partial charge in [0.15, 0.2) is 0 Å². The maximum absolute atomic E-state index is 5.79. The second kappa shape index (κ2) is 6.10. The summed E-state index contributed by atoms with van der Waals surface area (Å²) in [5.41, 5.74) is 3.44. The van der Waals surface area contributed by atoms with E-state index in [0.717, 1.165) is 35.3 Å². The molecule has 20 heavy (non-hydrogen) atoms. The van der Waals surface area contributed by atoms with Gasteiger partial charge in [-0.25, -0.2) is 0 Å². The van der Waals surface area contributed by atoms with Gasteiger partial charge in [-0.05, 0) is 43.9 Å². The summed E-state index contributed by atoms with van der Waals surface area (Å²) in [5, 5.41) is 4.73. The van der Waals surface area contributed by atoms with Crippen LogP contribution in [0, 0.1) is 6.92 Å². The van der Waals surface area contributed by atoms with Gasteiger partial charge in [-0.3, -0.25) is 4.68 Å². The second-order valence-corrected chi connectivity index (χ2v) is 6.29. The molecular weight excluding hydrogens is 316 g/mol. The minimum absolute atomic E-state index is 0.320. The van der Waals surface area contributed by atoms with Crippen LogP contribution < -0.4 is 0 Å². The molecule has 2 aromatic rings. The number of benzene rings is 1. The third-order valence-electron chi connectivity index (χ3n) is 3.73. The summed E-state index contributed by atoms with van der Waals surface area (Å²) in [6.07, 6.45) is 6.05. The summed E-state index contributed by atoms with van der Waals surface area (Å²) < 4.78 is 8.91. The molecule has 1 aliphatic rings. The molecule has 4 heteroatoms. The zero-order chi connectivity index (χ0) is 13.9. The highest BCUT2D eigenvalue weighted by molar-refractivity contribution is 9.10. The molecule has 0 N–H and O–H groups in total. The van der Waals surface area contributed by atoms with E-state index in [4.69, 9.17) is 9.84 Å². The lowest BCUT2D eigenvalue weighted by Crippen LogP contribution is -2.24. The predicted molar refractivity (Wildman–Crippen MR) is 83.7 cm³/mol. The van der Waals surface area contributed by atoms with E-state index < -0.39 is 0 Å². The average Bonchev–Trinajstić information content (AvgIpc) is 2.81. The molecule has 1 fully saturated rings. The first-order valence-electron chi connectivity index (χ1n) is 7.14. The third kappa shape index (κ3) is 3.13. The van der Waals surface area contributed by atoms with E-state index in [1.807, 2.05) is 4.68 Å². The van der Waals surface area contributed by atoms with Crippen molar-refractivity contribution in [3.05, 3.63) is 40.5 Å². The van der Waals surface area contributed by atoms with Gasteiger partial charge in [0.1, 0.15) is 0 Å². The van der Waals surface area contributed by atoms with Crippen LogP contribution in [0.15, 0.2) is 34.9 Å². The molecular formula is C16H19BrN2O. The Balaban J connectivity index is 1.78. The lowest BCUT2D eigenvalue weighted by Gasteiger charge is -2.22. The Labute approximate surface area is 128 Å². The van der Waals surface area contributed by atoms with Crippen LogP contribution in [0.4, 0.5) is 0 Å². The second-order valence-electron chi connectivity index (χ2n) is 5.38. The highest BCUT2D eigenvalue weighted by Gasteiger charge is 2.16. The van der Waals surface area contributed by atoms with Gasteiger partial charge in [-0.15, -0.1) is 0 Å². The molecule has 1 aromatic heterocycles. The number of hydrogen-bond donors (Lipinski definition) is 0. The van der Waals surface area contributed by atoms with Gasteiger partial charge in [0.2, 0.25) is 0 Å². The molecule has 1 saturated heterocycles. The van der Waals surface area contributed by atoms with Gasteiger partial charge in [-0.1, -0.05) is 28.1 Å². The Hall–Kier alpha value is -1.13. The van der Waals surface area contributed by atoms with Gasteiger partial charge in [0, 0.05) is 22.8 Å². The lowest BCUT2D eigenvalue weighted by atomic mass is 10.1. The number of hydrogen-bond acceptors (Lipinski definition) is 2. The minimum Gasteiger partial charge on any atom is -0.376 e. The molecule has 0 saturated carbocycles. The topological polar surface area (TPSA) is 27.1 Å². The number of nitrogens with zero attached hydrogens (tertiary/aromatic N) is 2. The maximum Gasteiger partial charge on any atom is 0.0952 e. The smallest absolute Gasteiger partial charge is 0.0952 e. The van der Waals surface area contributed by atoms with E-state index in [9.17, 15) is 0 Å². The van der Waals surface area contributed by atoms with Crippen molar-refractivity contribution in [1.82, 2.24) is 9.78 Å². The van der Waals surface area contributed by atoms with Gasteiger partial charge in [0.05, 0.1) is 18.3 Å². The first-order chi connectivity index (χ1) is 9.72. The Bertz CT molecular complexity index is 571. The molecule has 1 atom stereocenters. The average molecular weight is 335 g/mol. The van der Waals surface area contributed by atoms with Crippen LogP contribution in [0.1, 0.15) is 24.8 Å². The highest BCUT2D eigenvalue weighted by atomic mass is 79.9. The molecule has 1 unspecified atom stereocenters. The van der Waals surface area contributed by atoms with E-state index in [1.165, 1.54) is 18.4 Å². The molecule has 0 spiro atoms. The van der Waals surface area contributed by atoms with Crippen LogP contribution in [0.2, 0.25) is 0 Å². The summed E-state index contributed by atoms with van der Waals surface area (Å²) in [6, 6.07) is 8.30. The molecule has 0 bridgehead atoms. The first kappa shape index (κ1) is 13.8. The standard InChI is InChI=1S/C16H19BrN2O/c1-12-10-19(11-15-4-2-3-9-20-15)18-16(12)13-5-7-14(17)8-6-13/h5-8,10,15H,2-4,9,11H2,1H3. The Kier molecular flexibility index (Phi) is 4.22. The van der Waals surface area contributed by atoms with E-state index >= 15 is 0 Å². The van der Waals surface area contributed by atoms with Crippen molar-refractivity contribution in [1.29, 1.82) is 0 Å². The first-order valence-corrected chi connectivity index (χ1v) is 7.93. The molecule has 106 valence electrons. The number of aromatic nitrogens is 2. The van der Waals surface area contributed by atoms with E-state index in [1.54, 1.807) is 0 Å². The molecule has 1 aliphatic heterocycles. The van der Waals surface area contributed by atoms with E-state index in [2.05, 4.69) is 53.3 Å². The van der Waals surface area contributed by atoms with Crippen LogP contribution in [0.25, 0.3) is 11.3 Å². The molecule has 2 heterocycles. The fourth-order valence-electron chi connectivity index (χ4n) is 2.67. The summed E-state index contributed by atoms with van der Waals surface area (Å²) in [4.78, 5) is 0. The van der Waals surface area contributed by atoms with Gasteiger partial charge >= 0.3 is 0 Å². The van der Waals surface area contributed by atoms with E-state index in [-0.39, 0.29) is 0 Å². The van der Waals surface area contributed by atoms with Crippen molar-refractivity contribution >= 4 is 15.9 Å². The largest absolute Gasteiger partial charge is 0.376 e.